The van der Waals surface area contributed by atoms with E-state index >= 15 is 0 Å². The smallest absolute Gasteiger partial charge is 0.333 e. The van der Waals surface area contributed by atoms with Crippen LogP contribution in [0.5, 0.6) is 5.75 Å². The third kappa shape index (κ3) is 6.18. The summed E-state index contributed by atoms with van der Waals surface area (Å²) < 4.78 is 17.6. The zero-order valence-corrected chi connectivity index (χ0v) is 20.3. The van der Waals surface area contributed by atoms with Crippen molar-refractivity contribution >= 4 is 18.1 Å². The second kappa shape index (κ2) is 11.8. The molecule has 0 saturated heterocycles. The summed E-state index contributed by atoms with van der Waals surface area (Å²) in [6.45, 7) is 5.16. The number of aliphatic carboxylic acids is 1. The summed E-state index contributed by atoms with van der Waals surface area (Å²) in [5, 5.41) is 9.27. The average Bonchev–Trinajstić information content (AvgIpc) is 3.03. The van der Waals surface area contributed by atoms with Crippen LogP contribution in [0.1, 0.15) is 53.3 Å². The minimum absolute atomic E-state index is 0.167. The first-order valence-electron chi connectivity index (χ1n) is 12.2. The maximum absolute atomic E-state index is 11.3. The fourth-order valence-electron chi connectivity index (χ4n) is 4.34. The molecule has 4 rings (SSSR count). The van der Waals surface area contributed by atoms with Crippen LogP contribution in [0.2, 0.25) is 0 Å². The van der Waals surface area contributed by atoms with Gasteiger partial charge >= 0.3 is 5.97 Å². The van der Waals surface area contributed by atoms with Crippen LogP contribution in [-0.4, -0.2) is 37.0 Å². The molecule has 1 N–H and O–H groups in total. The van der Waals surface area contributed by atoms with Gasteiger partial charge in [0.05, 0.1) is 6.61 Å². The topological polar surface area (TPSA) is 65.0 Å². The van der Waals surface area contributed by atoms with Gasteiger partial charge in [-0.1, -0.05) is 73.7 Å². The number of aryl methyl sites for hydroxylation is 1. The Hall–Kier alpha value is -3.41. The SMILES string of the molecule is CCOC(Cc1ccc(OCCOC2c3ccccc3C=Cc3cc(CC)ccc32)cc1)C(=O)O. The second-order valence-corrected chi connectivity index (χ2v) is 8.51. The van der Waals surface area contributed by atoms with E-state index in [0.717, 1.165) is 34.4 Å². The first-order valence-corrected chi connectivity index (χ1v) is 12.2. The fraction of sp³-hybridized carbons (Fsp3) is 0.300. The summed E-state index contributed by atoms with van der Waals surface area (Å²) in [5.74, 6) is -0.233. The molecule has 3 aromatic rings. The van der Waals surface area contributed by atoms with E-state index in [4.69, 9.17) is 14.2 Å². The van der Waals surface area contributed by atoms with Crippen LogP contribution in [0.3, 0.4) is 0 Å². The van der Waals surface area contributed by atoms with Gasteiger partial charge in [-0.3, -0.25) is 0 Å². The number of hydrogen-bond donors (Lipinski definition) is 1. The Morgan fingerprint density at radius 1 is 0.886 bits per heavy atom. The molecule has 182 valence electrons. The zero-order chi connectivity index (χ0) is 24.6. The maximum atomic E-state index is 11.3. The molecule has 0 saturated carbocycles. The van der Waals surface area contributed by atoms with Gasteiger partial charge in [-0.05, 0) is 58.9 Å². The molecule has 2 atom stereocenters. The van der Waals surface area contributed by atoms with E-state index in [-0.39, 0.29) is 6.10 Å². The lowest BCUT2D eigenvalue weighted by molar-refractivity contribution is -0.149. The predicted octanol–water partition coefficient (Wildman–Crippen LogP) is 5.95. The summed E-state index contributed by atoms with van der Waals surface area (Å²) in [4.78, 5) is 11.3. The molecule has 5 nitrogen and oxygen atoms in total. The Morgan fingerprint density at radius 3 is 2.34 bits per heavy atom. The average molecular weight is 473 g/mol. The van der Waals surface area contributed by atoms with Gasteiger partial charge in [0.25, 0.3) is 0 Å². The highest BCUT2D eigenvalue weighted by atomic mass is 16.5. The van der Waals surface area contributed by atoms with Gasteiger partial charge in [-0.2, -0.15) is 0 Å². The van der Waals surface area contributed by atoms with Gasteiger partial charge in [0, 0.05) is 13.0 Å². The normalized spacial score (nSPS) is 15.1. The Kier molecular flexibility index (Phi) is 8.35. The molecule has 0 spiro atoms. The number of ether oxygens (including phenoxy) is 3. The van der Waals surface area contributed by atoms with Crippen molar-refractivity contribution in [3.63, 3.8) is 0 Å². The number of carboxylic acids is 1. The Balaban J connectivity index is 1.39. The van der Waals surface area contributed by atoms with Gasteiger partial charge in [-0.25, -0.2) is 4.79 Å². The maximum Gasteiger partial charge on any atom is 0.333 e. The Morgan fingerprint density at radius 2 is 1.60 bits per heavy atom. The third-order valence-electron chi connectivity index (χ3n) is 6.19. The number of fused-ring (bicyclic) bond motifs is 2. The summed E-state index contributed by atoms with van der Waals surface area (Å²) >= 11 is 0. The van der Waals surface area contributed by atoms with Crippen molar-refractivity contribution in [2.75, 3.05) is 19.8 Å². The summed E-state index contributed by atoms with van der Waals surface area (Å²) in [7, 11) is 0. The molecule has 0 heterocycles. The third-order valence-corrected chi connectivity index (χ3v) is 6.19. The van der Waals surface area contributed by atoms with E-state index in [1.54, 1.807) is 6.92 Å². The molecule has 0 amide bonds. The van der Waals surface area contributed by atoms with Gasteiger partial charge < -0.3 is 19.3 Å². The molecule has 0 aromatic heterocycles. The minimum Gasteiger partial charge on any atom is -0.491 e. The fourth-order valence-corrected chi connectivity index (χ4v) is 4.34. The lowest BCUT2D eigenvalue weighted by Gasteiger charge is -2.21. The number of carbonyl (C=O) groups is 1. The summed E-state index contributed by atoms with van der Waals surface area (Å²) in [5.41, 5.74) is 6.86. The number of benzene rings is 3. The first kappa shape index (κ1) is 24.7. The number of rotatable bonds is 11. The molecule has 1 aliphatic carbocycles. The van der Waals surface area contributed by atoms with Gasteiger partial charge in [0.15, 0.2) is 6.10 Å². The lowest BCUT2D eigenvalue weighted by atomic mass is 9.95. The standard InChI is InChI=1S/C30H32O5/c1-3-21-11-16-27-24(19-21)13-12-23-7-5-6-8-26(23)29(27)35-18-17-34-25-14-9-22(10-15-25)20-28(30(31)32)33-4-2/h5-16,19,28-29H,3-4,17-18,20H2,1-2H3,(H,31,32). The lowest BCUT2D eigenvalue weighted by Crippen LogP contribution is -2.26. The molecule has 0 bridgehead atoms. The van der Waals surface area contributed by atoms with Crippen LogP contribution in [0, 0.1) is 0 Å². The van der Waals surface area contributed by atoms with Crippen LogP contribution >= 0.6 is 0 Å². The van der Waals surface area contributed by atoms with Crippen molar-refractivity contribution in [2.45, 2.75) is 38.9 Å². The van der Waals surface area contributed by atoms with Crippen LogP contribution in [0.15, 0.2) is 66.7 Å². The van der Waals surface area contributed by atoms with Crippen molar-refractivity contribution in [1.29, 1.82) is 0 Å². The number of carboxylic acid groups (broad SMARTS) is 1. The summed E-state index contributed by atoms with van der Waals surface area (Å²) in [6, 6.07) is 22.4. The molecule has 5 heteroatoms. The monoisotopic (exact) mass is 472 g/mol. The van der Waals surface area contributed by atoms with Crippen molar-refractivity contribution < 1.29 is 24.1 Å². The highest BCUT2D eigenvalue weighted by Crippen LogP contribution is 2.35. The van der Waals surface area contributed by atoms with E-state index in [2.05, 4.69) is 49.4 Å². The molecule has 0 radical (unpaired) electrons. The zero-order valence-electron chi connectivity index (χ0n) is 20.3. The molecule has 1 aliphatic rings. The van der Waals surface area contributed by atoms with Crippen molar-refractivity contribution in [2.24, 2.45) is 0 Å². The molecular formula is C30H32O5. The highest BCUT2D eigenvalue weighted by molar-refractivity contribution is 5.76. The van der Waals surface area contributed by atoms with Crippen molar-refractivity contribution in [3.8, 4) is 5.75 Å². The van der Waals surface area contributed by atoms with Crippen molar-refractivity contribution in [3.05, 3.63) is 100 Å². The largest absolute Gasteiger partial charge is 0.491 e. The summed E-state index contributed by atoms with van der Waals surface area (Å²) in [6.07, 6.45) is 4.65. The predicted molar refractivity (Wildman–Crippen MR) is 138 cm³/mol. The Labute approximate surface area is 207 Å². The van der Waals surface area contributed by atoms with E-state index in [0.29, 0.717) is 26.2 Å². The van der Waals surface area contributed by atoms with Gasteiger partial charge in [0.1, 0.15) is 18.5 Å². The molecular weight excluding hydrogens is 440 g/mol. The molecule has 35 heavy (non-hydrogen) atoms. The van der Waals surface area contributed by atoms with Gasteiger partial charge in [0.2, 0.25) is 0 Å². The Bertz CT molecular complexity index is 1170. The minimum atomic E-state index is -0.952. The highest BCUT2D eigenvalue weighted by Gasteiger charge is 2.22. The first-order chi connectivity index (χ1) is 17.1. The van der Waals surface area contributed by atoms with E-state index in [9.17, 15) is 9.90 Å². The van der Waals surface area contributed by atoms with Crippen molar-refractivity contribution in [1.82, 2.24) is 0 Å². The van der Waals surface area contributed by atoms with E-state index in [1.165, 1.54) is 11.1 Å². The van der Waals surface area contributed by atoms with Gasteiger partial charge in [-0.15, -0.1) is 0 Å². The quantitative estimate of drug-likeness (QED) is 0.349. The van der Waals surface area contributed by atoms with Crippen LogP contribution in [0.25, 0.3) is 12.2 Å². The molecule has 0 fully saturated rings. The van der Waals surface area contributed by atoms with Crippen LogP contribution in [-0.2, 0) is 27.1 Å². The number of hydrogen-bond acceptors (Lipinski definition) is 4. The molecule has 3 aromatic carbocycles. The van der Waals surface area contributed by atoms with E-state index in [1.807, 2.05) is 36.4 Å². The van der Waals surface area contributed by atoms with E-state index < -0.39 is 12.1 Å². The van der Waals surface area contributed by atoms with Crippen LogP contribution in [0.4, 0.5) is 0 Å². The van der Waals surface area contributed by atoms with Crippen LogP contribution < -0.4 is 4.74 Å². The second-order valence-electron chi connectivity index (χ2n) is 8.51. The molecule has 0 aliphatic heterocycles. The molecule has 2 unspecified atom stereocenters.